The van der Waals surface area contributed by atoms with E-state index in [1.54, 1.807) is 0 Å². The van der Waals surface area contributed by atoms with Gasteiger partial charge in [-0.1, -0.05) is 12.8 Å². The van der Waals surface area contributed by atoms with Crippen molar-refractivity contribution in [2.75, 3.05) is 6.54 Å². The summed E-state index contributed by atoms with van der Waals surface area (Å²) in [6.45, 7) is 0.644. The fourth-order valence-electron chi connectivity index (χ4n) is 2.76. The molecule has 2 aliphatic carbocycles. The van der Waals surface area contributed by atoms with Crippen LogP contribution >= 0.6 is 0 Å². The molecule has 2 rings (SSSR count). The Bertz CT molecular complexity index is 254. The van der Waals surface area contributed by atoms with Crippen molar-refractivity contribution in [2.45, 2.75) is 32.1 Å². The van der Waals surface area contributed by atoms with Gasteiger partial charge in [0.2, 0.25) is 5.91 Å². The average molecular weight is 191 g/mol. The number of fused-ring (bicyclic) bond motifs is 1. The number of hydrogen-bond acceptors (Lipinski definition) is 1. The lowest BCUT2D eigenvalue weighted by atomic mass is 10.0. The highest BCUT2D eigenvalue weighted by molar-refractivity contribution is 5.82. The minimum Gasteiger partial charge on any atom is -0.355 e. The molecule has 0 aliphatic heterocycles. The number of amides is 1. The molecule has 2 fully saturated rings. The molecule has 0 aromatic carbocycles. The van der Waals surface area contributed by atoms with E-state index in [-0.39, 0.29) is 5.91 Å². The van der Waals surface area contributed by atoms with E-state index in [4.69, 9.17) is 6.42 Å². The molecule has 2 unspecified atom stereocenters. The largest absolute Gasteiger partial charge is 0.355 e. The molecule has 0 heterocycles. The zero-order valence-corrected chi connectivity index (χ0v) is 8.46. The van der Waals surface area contributed by atoms with Crippen molar-refractivity contribution in [2.24, 2.45) is 17.8 Å². The average Bonchev–Trinajstić information content (AvgIpc) is 2.92. The molecule has 2 aliphatic rings. The Balaban J connectivity index is 1.75. The molecule has 0 radical (unpaired) electrons. The summed E-state index contributed by atoms with van der Waals surface area (Å²) in [7, 11) is 0. The molecule has 2 heteroatoms. The standard InChI is InChI=1S/C12H17NO/c1-2-3-8-13-12(14)11-9-6-4-5-7-10(9)11/h1,9-11H,3-8H2,(H,13,14). The Kier molecular flexibility index (Phi) is 2.77. The molecule has 2 saturated carbocycles. The summed E-state index contributed by atoms with van der Waals surface area (Å²) in [6, 6.07) is 0. The Morgan fingerprint density at radius 1 is 1.36 bits per heavy atom. The second-order valence-electron chi connectivity index (χ2n) is 4.38. The van der Waals surface area contributed by atoms with Crippen LogP contribution in [0, 0.1) is 30.1 Å². The summed E-state index contributed by atoms with van der Waals surface area (Å²) in [5.74, 6) is 4.51. The summed E-state index contributed by atoms with van der Waals surface area (Å²) >= 11 is 0. The van der Waals surface area contributed by atoms with E-state index in [9.17, 15) is 4.79 Å². The molecular formula is C12H17NO. The van der Waals surface area contributed by atoms with Gasteiger partial charge in [0.25, 0.3) is 0 Å². The van der Waals surface area contributed by atoms with E-state index in [1.807, 2.05) is 0 Å². The molecule has 0 bridgehead atoms. The zero-order valence-electron chi connectivity index (χ0n) is 8.46. The van der Waals surface area contributed by atoms with Crippen molar-refractivity contribution in [3.63, 3.8) is 0 Å². The molecular weight excluding hydrogens is 174 g/mol. The highest BCUT2D eigenvalue weighted by Gasteiger charge is 2.54. The number of hydrogen-bond donors (Lipinski definition) is 1. The number of rotatable bonds is 3. The van der Waals surface area contributed by atoms with Gasteiger partial charge in [-0.05, 0) is 24.7 Å². The normalized spacial score (nSPS) is 34.1. The molecule has 0 saturated heterocycles. The van der Waals surface area contributed by atoms with Gasteiger partial charge in [0.05, 0.1) is 0 Å². The quantitative estimate of drug-likeness (QED) is 0.532. The first-order chi connectivity index (χ1) is 6.84. The van der Waals surface area contributed by atoms with Crippen molar-refractivity contribution in [1.82, 2.24) is 5.32 Å². The number of carbonyl (C=O) groups excluding carboxylic acids is 1. The topological polar surface area (TPSA) is 29.1 Å². The third-order valence-electron chi connectivity index (χ3n) is 3.53. The maximum absolute atomic E-state index is 11.7. The number of carbonyl (C=O) groups is 1. The second kappa shape index (κ2) is 4.04. The minimum atomic E-state index is 0.247. The minimum absolute atomic E-state index is 0.247. The highest BCUT2D eigenvalue weighted by Crippen LogP contribution is 2.55. The maximum Gasteiger partial charge on any atom is 0.223 e. The molecule has 0 aromatic heterocycles. The lowest BCUT2D eigenvalue weighted by molar-refractivity contribution is -0.122. The van der Waals surface area contributed by atoms with Crippen LogP contribution in [0.2, 0.25) is 0 Å². The Morgan fingerprint density at radius 3 is 2.57 bits per heavy atom. The molecule has 1 N–H and O–H groups in total. The first-order valence-corrected chi connectivity index (χ1v) is 5.56. The van der Waals surface area contributed by atoms with Gasteiger partial charge >= 0.3 is 0 Å². The van der Waals surface area contributed by atoms with E-state index < -0.39 is 0 Å². The summed E-state index contributed by atoms with van der Waals surface area (Å²) in [4.78, 5) is 11.7. The first kappa shape index (κ1) is 9.58. The summed E-state index contributed by atoms with van der Waals surface area (Å²) in [5.41, 5.74) is 0. The lowest BCUT2D eigenvalue weighted by Crippen LogP contribution is -2.26. The first-order valence-electron chi connectivity index (χ1n) is 5.56. The van der Waals surface area contributed by atoms with E-state index >= 15 is 0 Å². The van der Waals surface area contributed by atoms with Crippen LogP contribution in [0.15, 0.2) is 0 Å². The third-order valence-corrected chi connectivity index (χ3v) is 3.53. The summed E-state index contributed by atoms with van der Waals surface area (Å²) < 4.78 is 0. The van der Waals surface area contributed by atoms with Crippen LogP contribution in [-0.2, 0) is 4.79 Å². The summed E-state index contributed by atoms with van der Waals surface area (Å²) in [6.07, 6.45) is 10.9. The van der Waals surface area contributed by atoms with Gasteiger partial charge in [-0.3, -0.25) is 4.79 Å². The van der Waals surface area contributed by atoms with Crippen molar-refractivity contribution in [1.29, 1.82) is 0 Å². The molecule has 1 amide bonds. The van der Waals surface area contributed by atoms with Crippen LogP contribution in [0.25, 0.3) is 0 Å². The van der Waals surface area contributed by atoms with Gasteiger partial charge in [0.1, 0.15) is 0 Å². The van der Waals surface area contributed by atoms with Crippen LogP contribution < -0.4 is 5.32 Å². The molecule has 0 aromatic rings. The smallest absolute Gasteiger partial charge is 0.223 e. The van der Waals surface area contributed by atoms with Crippen molar-refractivity contribution >= 4 is 5.91 Å². The monoisotopic (exact) mass is 191 g/mol. The fraction of sp³-hybridized carbons (Fsp3) is 0.750. The van der Waals surface area contributed by atoms with Gasteiger partial charge in [-0.15, -0.1) is 12.3 Å². The second-order valence-corrected chi connectivity index (χ2v) is 4.38. The van der Waals surface area contributed by atoms with Crippen LogP contribution in [-0.4, -0.2) is 12.5 Å². The molecule has 2 nitrogen and oxygen atoms in total. The van der Waals surface area contributed by atoms with Gasteiger partial charge < -0.3 is 5.32 Å². The fourth-order valence-corrected chi connectivity index (χ4v) is 2.76. The molecule has 14 heavy (non-hydrogen) atoms. The third kappa shape index (κ3) is 1.77. The number of nitrogens with one attached hydrogen (secondary N) is 1. The van der Waals surface area contributed by atoms with Gasteiger partial charge in [0.15, 0.2) is 0 Å². The lowest BCUT2D eigenvalue weighted by Gasteiger charge is -2.04. The Morgan fingerprint density at radius 2 is 2.00 bits per heavy atom. The zero-order chi connectivity index (χ0) is 9.97. The van der Waals surface area contributed by atoms with Crippen LogP contribution in [0.4, 0.5) is 0 Å². The maximum atomic E-state index is 11.7. The van der Waals surface area contributed by atoms with Gasteiger partial charge in [-0.2, -0.15) is 0 Å². The van der Waals surface area contributed by atoms with Crippen molar-refractivity contribution < 1.29 is 4.79 Å². The van der Waals surface area contributed by atoms with Gasteiger partial charge in [0, 0.05) is 18.9 Å². The molecule has 2 atom stereocenters. The van der Waals surface area contributed by atoms with E-state index in [0.29, 0.717) is 30.7 Å². The predicted molar refractivity (Wildman–Crippen MR) is 55.4 cm³/mol. The van der Waals surface area contributed by atoms with E-state index in [1.165, 1.54) is 25.7 Å². The Labute approximate surface area is 85.5 Å². The van der Waals surface area contributed by atoms with E-state index in [2.05, 4.69) is 11.2 Å². The van der Waals surface area contributed by atoms with E-state index in [0.717, 1.165) is 0 Å². The van der Waals surface area contributed by atoms with Gasteiger partial charge in [-0.25, -0.2) is 0 Å². The molecule has 76 valence electrons. The number of terminal acetylenes is 1. The van der Waals surface area contributed by atoms with Crippen molar-refractivity contribution in [3.05, 3.63) is 0 Å². The molecule has 0 spiro atoms. The van der Waals surface area contributed by atoms with Crippen LogP contribution in [0.3, 0.4) is 0 Å². The SMILES string of the molecule is C#CCCNC(=O)C1C2CCCCC21. The summed E-state index contributed by atoms with van der Waals surface area (Å²) in [5, 5.41) is 2.92. The van der Waals surface area contributed by atoms with Crippen LogP contribution in [0.1, 0.15) is 32.1 Å². The van der Waals surface area contributed by atoms with Crippen LogP contribution in [0.5, 0.6) is 0 Å². The Hall–Kier alpha value is -0.970. The predicted octanol–water partition coefficient (Wildman–Crippen LogP) is 1.56. The highest BCUT2D eigenvalue weighted by atomic mass is 16.2. The van der Waals surface area contributed by atoms with Crippen molar-refractivity contribution in [3.8, 4) is 12.3 Å².